The van der Waals surface area contributed by atoms with E-state index in [9.17, 15) is 18.0 Å². The van der Waals surface area contributed by atoms with Gasteiger partial charge >= 0.3 is 6.18 Å². The lowest BCUT2D eigenvalue weighted by molar-refractivity contribution is -0.136. The molecule has 10 heteroatoms. The van der Waals surface area contributed by atoms with Crippen LogP contribution in [0.15, 0.2) is 15.1 Å². The summed E-state index contributed by atoms with van der Waals surface area (Å²) < 4.78 is 51.5. The Morgan fingerprint density at radius 3 is 2.62 bits per heavy atom. The Bertz CT molecular complexity index is 1180. The third kappa shape index (κ3) is 3.55. The Kier molecular flexibility index (Phi) is 4.98. The SMILES string of the molecule is Cc1cc(C(F)(F)F)c2c(C3CCN(C(=O)c4noc5c4CC(C)CC5)CC3)noc2n1. The molecule has 32 heavy (non-hydrogen) atoms. The van der Waals surface area contributed by atoms with E-state index in [1.165, 1.54) is 6.92 Å². The van der Waals surface area contributed by atoms with Crippen molar-refractivity contribution in [3.8, 4) is 0 Å². The van der Waals surface area contributed by atoms with Gasteiger partial charge in [-0.2, -0.15) is 13.2 Å². The minimum atomic E-state index is -4.54. The van der Waals surface area contributed by atoms with Crippen molar-refractivity contribution in [1.29, 1.82) is 0 Å². The zero-order valence-electron chi connectivity index (χ0n) is 17.8. The molecule has 0 N–H and O–H groups in total. The summed E-state index contributed by atoms with van der Waals surface area (Å²) >= 11 is 0. The molecular formula is C22H23F3N4O3. The lowest BCUT2D eigenvalue weighted by atomic mass is 9.87. The largest absolute Gasteiger partial charge is 0.417 e. The number of hydrogen-bond acceptors (Lipinski definition) is 6. The summed E-state index contributed by atoms with van der Waals surface area (Å²) in [5, 5.41) is 7.91. The normalized spacial score (nSPS) is 20.0. The van der Waals surface area contributed by atoms with E-state index in [-0.39, 0.29) is 34.3 Å². The fourth-order valence-corrected chi connectivity index (χ4v) is 4.85. The molecule has 1 atom stereocenters. The highest BCUT2D eigenvalue weighted by molar-refractivity contribution is 5.94. The highest BCUT2D eigenvalue weighted by Crippen LogP contribution is 2.40. The summed E-state index contributed by atoms with van der Waals surface area (Å²) in [5.74, 6) is 0.829. The van der Waals surface area contributed by atoms with Crippen molar-refractivity contribution in [2.24, 2.45) is 5.92 Å². The Morgan fingerprint density at radius 1 is 1.16 bits per heavy atom. The smallest absolute Gasteiger partial charge is 0.360 e. The number of alkyl halides is 3. The van der Waals surface area contributed by atoms with Crippen LogP contribution in [0, 0.1) is 12.8 Å². The first-order valence-electron chi connectivity index (χ1n) is 10.8. The van der Waals surface area contributed by atoms with Crippen molar-refractivity contribution in [3.05, 3.63) is 40.0 Å². The first-order valence-corrected chi connectivity index (χ1v) is 10.8. The van der Waals surface area contributed by atoms with Gasteiger partial charge in [0.1, 0.15) is 5.76 Å². The lowest BCUT2D eigenvalue weighted by Crippen LogP contribution is -2.38. The van der Waals surface area contributed by atoms with E-state index >= 15 is 0 Å². The van der Waals surface area contributed by atoms with E-state index in [1.807, 2.05) is 0 Å². The van der Waals surface area contributed by atoms with Crippen LogP contribution in [-0.4, -0.2) is 39.2 Å². The molecule has 5 rings (SSSR count). The van der Waals surface area contributed by atoms with Gasteiger partial charge in [0, 0.05) is 36.7 Å². The maximum atomic E-state index is 13.6. The molecule has 1 unspecified atom stereocenters. The molecule has 0 aromatic carbocycles. The molecule has 7 nitrogen and oxygen atoms in total. The summed E-state index contributed by atoms with van der Waals surface area (Å²) in [4.78, 5) is 18.9. The van der Waals surface area contributed by atoms with Crippen molar-refractivity contribution in [1.82, 2.24) is 20.2 Å². The molecule has 1 fully saturated rings. The number of nitrogens with zero attached hydrogens (tertiary/aromatic N) is 4. The zero-order valence-corrected chi connectivity index (χ0v) is 17.8. The van der Waals surface area contributed by atoms with Crippen LogP contribution in [0.1, 0.15) is 70.9 Å². The van der Waals surface area contributed by atoms with Crippen LogP contribution in [-0.2, 0) is 19.0 Å². The second kappa shape index (κ2) is 7.60. The second-order valence-corrected chi connectivity index (χ2v) is 8.90. The molecule has 1 aliphatic carbocycles. The molecule has 3 aromatic rings. The predicted molar refractivity (Wildman–Crippen MR) is 107 cm³/mol. The number of likely N-dealkylation sites (tertiary alicyclic amines) is 1. The second-order valence-electron chi connectivity index (χ2n) is 8.90. The fourth-order valence-electron chi connectivity index (χ4n) is 4.85. The fraction of sp³-hybridized carbons (Fsp3) is 0.545. The first kappa shape index (κ1) is 21.0. The number of carbonyl (C=O) groups is 1. The highest BCUT2D eigenvalue weighted by Gasteiger charge is 2.38. The van der Waals surface area contributed by atoms with Crippen LogP contribution in [0.5, 0.6) is 0 Å². The third-order valence-electron chi connectivity index (χ3n) is 6.56. The summed E-state index contributed by atoms with van der Waals surface area (Å²) in [7, 11) is 0. The Morgan fingerprint density at radius 2 is 1.91 bits per heavy atom. The average molecular weight is 448 g/mol. The molecule has 1 saturated heterocycles. The number of halogens is 3. The van der Waals surface area contributed by atoms with Crippen LogP contribution < -0.4 is 0 Å². The Labute approximate surface area is 181 Å². The molecule has 0 bridgehead atoms. The van der Waals surface area contributed by atoms with E-state index in [0.29, 0.717) is 37.5 Å². The van der Waals surface area contributed by atoms with Gasteiger partial charge < -0.3 is 13.9 Å². The third-order valence-corrected chi connectivity index (χ3v) is 6.56. The predicted octanol–water partition coefficient (Wildman–Crippen LogP) is 4.68. The number of aromatic nitrogens is 3. The number of aryl methyl sites for hydroxylation is 2. The number of fused-ring (bicyclic) bond motifs is 2. The Hall–Kier alpha value is -2.91. The van der Waals surface area contributed by atoms with Crippen molar-refractivity contribution in [3.63, 3.8) is 0 Å². The van der Waals surface area contributed by atoms with Gasteiger partial charge in [-0.1, -0.05) is 17.2 Å². The van der Waals surface area contributed by atoms with Crippen LogP contribution in [0.4, 0.5) is 13.2 Å². The van der Waals surface area contributed by atoms with E-state index in [2.05, 4.69) is 22.2 Å². The molecule has 0 saturated carbocycles. The average Bonchev–Trinajstić information content (AvgIpc) is 3.36. The van der Waals surface area contributed by atoms with Crippen LogP contribution in [0.2, 0.25) is 0 Å². The van der Waals surface area contributed by atoms with Gasteiger partial charge in [-0.3, -0.25) is 4.79 Å². The summed E-state index contributed by atoms with van der Waals surface area (Å²) in [5.41, 5.74) is 0.871. The number of pyridine rings is 1. The summed E-state index contributed by atoms with van der Waals surface area (Å²) in [6.07, 6.45) is -1.00. The highest BCUT2D eigenvalue weighted by atomic mass is 19.4. The van der Waals surface area contributed by atoms with Gasteiger partial charge in [0.2, 0.25) is 0 Å². The molecule has 0 spiro atoms. The van der Waals surface area contributed by atoms with Gasteiger partial charge in [0.15, 0.2) is 5.69 Å². The number of rotatable bonds is 2. The molecule has 2 aliphatic rings. The number of piperidine rings is 1. The van der Waals surface area contributed by atoms with Crippen molar-refractivity contribution >= 4 is 17.0 Å². The van der Waals surface area contributed by atoms with E-state index in [0.717, 1.165) is 36.7 Å². The minimum absolute atomic E-state index is 0.0764. The van der Waals surface area contributed by atoms with Gasteiger partial charge in [-0.25, -0.2) is 4.98 Å². The minimum Gasteiger partial charge on any atom is -0.360 e. The van der Waals surface area contributed by atoms with E-state index in [4.69, 9.17) is 9.05 Å². The van der Waals surface area contributed by atoms with Crippen LogP contribution in [0.3, 0.4) is 0 Å². The quantitative estimate of drug-likeness (QED) is 0.566. The van der Waals surface area contributed by atoms with Crippen molar-refractivity contribution < 1.29 is 27.0 Å². The molecule has 1 amide bonds. The van der Waals surface area contributed by atoms with Crippen LogP contribution >= 0.6 is 0 Å². The zero-order chi connectivity index (χ0) is 22.6. The molecular weight excluding hydrogens is 425 g/mol. The standard InChI is InChI=1S/C22H23F3N4O3/c1-11-3-4-16-14(9-11)19(28-31-16)21(30)29-7-5-13(6-8-29)18-17-15(22(23,24)25)10-12(2)26-20(17)32-27-18/h10-11,13H,3-9H2,1-2H3. The van der Waals surface area contributed by atoms with Gasteiger partial charge in [0.25, 0.3) is 11.6 Å². The van der Waals surface area contributed by atoms with Crippen molar-refractivity contribution in [2.75, 3.05) is 13.1 Å². The van der Waals surface area contributed by atoms with E-state index in [1.54, 1.807) is 4.90 Å². The number of carbonyl (C=O) groups excluding carboxylic acids is 1. The van der Waals surface area contributed by atoms with Gasteiger partial charge in [-0.05, 0) is 44.6 Å². The Balaban J connectivity index is 1.36. The molecule has 170 valence electrons. The monoisotopic (exact) mass is 448 g/mol. The van der Waals surface area contributed by atoms with Crippen molar-refractivity contribution in [2.45, 2.75) is 58.0 Å². The summed E-state index contributed by atoms with van der Waals surface area (Å²) in [6.45, 7) is 4.43. The first-order chi connectivity index (χ1) is 15.2. The maximum Gasteiger partial charge on any atom is 0.417 e. The lowest BCUT2D eigenvalue weighted by Gasteiger charge is -2.31. The maximum absolute atomic E-state index is 13.6. The number of amides is 1. The molecule has 0 radical (unpaired) electrons. The van der Waals surface area contributed by atoms with Crippen LogP contribution in [0.25, 0.3) is 11.1 Å². The number of hydrogen-bond donors (Lipinski definition) is 0. The summed E-state index contributed by atoms with van der Waals surface area (Å²) in [6, 6.07) is 1.02. The molecule has 3 aromatic heterocycles. The molecule has 4 heterocycles. The van der Waals surface area contributed by atoms with Gasteiger partial charge in [-0.15, -0.1) is 0 Å². The van der Waals surface area contributed by atoms with Gasteiger partial charge in [0.05, 0.1) is 16.6 Å². The topological polar surface area (TPSA) is 85.3 Å². The molecule has 1 aliphatic heterocycles. The van der Waals surface area contributed by atoms with E-state index < -0.39 is 11.7 Å².